The Labute approximate surface area is 136 Å². The van der Waals surface area contributed by atoms with Crippen molar-refractivity contribution in [2.75, 3.05) is 19.6 Å². The minimum absolute atomic E-state index is 0.125. The van der Waals surface area contributed by atoms with Crippen LogP contribution in [0.4, 0.5) is 0 Å². The number of aromatic nitrogens is 1. The molecule has 4 heterocycles. The summed E-state index contributed by atoms with van der Waals surface area (Å²) in [6.07, 6.45) is 5.90. The standard InChI is InChI=1S/C18H23N3O2/c22-18(21-10-9-20-8-2-5-16(20)13-21)15-4-1-7-19(12-15)14-17-6-3-11-23-17/h2-3,5-6,8,11,15H,1,4,7,9-10,12-14H2/t15-/m1/s1. The molecule has 2 aromatic rings. The monoisotopic (exact) mass is 313 g/mol. The van der Waals surface area contributed by atoms with Crippen molar-refractivity contribution in [3.05, 3.63) is 48.2 Å². The average molecular weight is 313 g/mol. The van der Waals surface area contributed by atoms with Gasteiger partial charge >= 0.3 is 0 Å². The molecule has 0 N–H and O–H groups in total. The van der Waals surface area contributed by atoms with Crippen LogP contribution in [0.15, 0.2) is 41.1 Å². The molecule has 2 aliphatic heterocycles. The summed E-state index contributed by atoms with van der Waals surface area (Å²) in [6.45, 7) is 5.19. The van der Waals surface area contributed by atoms with E-state index < -0.39 is 0 Å². The van der Waals surface area contributed by atoms with Gasteiger partial charge in [-0.3, -0.25) is 9.69 Å². The van der Waals surface area contributed by atoms with Gasteiger partial charge in [-0.05, 0) is 43.7 Å². The smallest absolute Gasteiger partial charge is 0.227 e. The van der Waals surface area contributed by atoms with E-state index in [1.165, 1.54) is 5.69 Å². The molecule has 1 atom stereocenters. The van der Waals surface area contributed by atoms with Gasteiger partial charge < -0.3 is 13.9 Å². The van der Waals surface area contributed by atoms with Crippen LogP contribution in [0, 0.1) is 5.92 Å². The van der Waals surface area contributed by atoms with Gasteiger partial charge in [-0.1, -0.05) is 0 Å². The number of rotatable bonds is 3. The van der Waals surface area contributed by atoms with Crippen LogP contribution in [-0.2, 0) is 24.4 Å². The minimum Gasteiger partial charge on any atom is -0.468 e. The second kappa shape index (κ2) is 6.24. The number of nitrogens with zero attached hydrogens (tertiary/aromatic N) is 3. The zero-order valence-corrected chi connectivity index (χ0v) is 13.4. The summed E-state index contributed by atoms with van der Waals surface area (Å²) in [5.41, 5.74) is 1.24. The summed E-state index contributed by atoms with van der Waals surface area (Å²) in [4.78, 5) is 17.3. The van der Waals surface area contributed by atoms with Crippen LogP contribution in [0.2, 0.25) is 0 Å². The highest BCUT2D eigenvalue weighted by molar-refractivity contribution is 5.79. The van der Waals surface area contributed by atoms with Crippen molar-refractivity contribution in [1.82, 2.24) is 14.4 Å². The number of amides is 1. The summed E-state index contributed by atoms with van der Waals surface area (Å²) < 4.78 is 7.68. The molecule has 5 nitrogen and oxygen atoms in total. The van der Waals surface area contributed by atoms with Crippen molar-refractivity contribution in [3.63, 3.8) is 0 Å². The van der Waals surface area contributed by atoms with Crippen molar-refractivity contribution in [2.45, 2.75) is 32.5 Å². The molecular weight excluding hydrogens is 290 g/mol. The molecule has 2 aliphatic rings. The summed E-state index contributed by atoms with van der Waals surface area (Å²) in [6, 6.07) is 8.10. The first-order valence-corrected chi connectivity index (χ1v) is 8.47. The number of carbonyl (C=O) groups is 1. The Bertz CT molecular complexity index is 662. The molecule has 0 spiro atoms. The molecule has 1 fully saturated rings. The van der Waals surface area contributed by atoms with Crippen molar-refractivity contribution < 1.29 is 9.21 Å². The van der Waals surface area contributed by atoms with E-state index in [2.05, 4.69) is 27.8 Å². The zero-order valence-electron chi connectivity index (χ0n) is 13.4. The van der Waals surface area contributed by atoms with Crippen LogP contribution in [0.5, 0.6) is 0 Å². The lowest BCUT2D eigenvalue weighted by Crippen LogP contribution is -2.46. The molecule has 0 aromatic carbocycles. The predicted octanol–water partition coefficient (Wildman–Crippen LogP) is 2.34. The molecule has 1 saturated heterocycles. The van der Waals surface area contributed by atoms with Crippen LogP contribution in [0.1, 0.15) is 24.3 Å². The largest absolute Gasteiger partial charge is 0.468 e. The Kier molecular flexibility index (Phi) is 3.95. The molecule has 23 heavy (non-hydrogen) atoms. The van der Waals surface area contributed by atoms with Gasteiger partial charge in [0, 0.05) is 31.5 Å². The number of likely N-dealkylation sites (tertiary alicyclic amines) is 1. The topological polar surface area (TPSA) is 41.6 Å². The summed E-state index contributed by atoms with van der Waals surface area (Å²) in [5.74, 6) is 1.43. The van der Waals surface area contributed by atoms with E-state index in [9.17, 15) is 4.79 Å². The minimum atomic E-state index is 0.125. The summed E-state index contributed by atoms with van der Waals surface area (Å²) in [5, 5.41) is 0. The van der Waals surface area contributed by atoms with E-state index in [1.54, 1.807) is 6.26 Å². The Morgan fingerprint density at radius 3 is 3.04 bits per heavy atom. The first-order valence-electron chi connectivity index (χ1n) is 8.47. The molecule has 0 unspecified atom stereocenters. The summed E-state index contributed by atoms with van der Waals surface area (Å²) >= 11 is 0. The van der Waals surface area contributed by atoms with E-state index in [0.717, 1.165) is 57.9 Å². The van der Waals surface area contributed by atoms with Crippen molar-refractivity contribution in [2.24, 2.45) is 5.92 Å². The number of hydrogen-bond acceptors (Lipinski definition) is 3. The molecule has 1 amide bonds. The van der Waals surface area contributed by atoms with Crippen molar-refractivity contribution >= 4 is 5.91 Å². The third-order valence-corrected chi connectivity index (χ3v) is 5.01. The highest BCUT2D eigenvalue weighted by Crippen LogP contribution is 2.23. The van der Waals surface area contributed by atoms with Gasteiger partial charge in [0.05, 0.1) is 25.3 Å². The molecule has 4 rings (SSSR count). The lowest BCUT2D eigenvalue weighted by molar-refractivity contribution is -0.139. The molecule has 0 radical (unpaired) electrons. The normalized spacial score (nSPS) is 22.1. The second-order valence-corrected chi connectivity index (χ2v) is 6.61. The number of carbonyl (C=O) groups excluding carboxylic acids is 1. The second-order valence-electron chi connectivity index (χ2n) is 6.61. The highest BCUT2D eigenvalue weighted by Gasteiger charge is 2.31. The Morgan fingerprint density at radius 1 is 1.22 bits per heavy atom. The predicted molar refractivity (Wildman–Crippen MR) is 86.6 cm³/mol. The number of furan rings is 1. The van der Waals surface area contributed by atoms with Crippen LogP contribution >= 0.6 is 0 Å². The lowest BCUT2D eigenvalue weighted by Gasteiger charge is -2.36. The fourth-order valence-corrected chi connectivity index (χ4v) is 3.78. The molecule has 0 saturated carbocycles. The van der Waals surface area contributed by atoms with Gasteiger partial charge in [-0.2, -0.15) is 0 Å². The Morgan fingerprint density at radius 2 is 2.17 bits per heavy atom. The molecular formula is C18H23N3O2. The van der Waals surface area contributed by atoms with Crippen molar-refractivity contribution in [3.8, 4) is 0 Å². The van der Waals surface area contributed by atoms with E-state index >= 15 is 0 Å². The lowest BCUT2D eigenvalue weighted by atomic mass is 9.96. The fraction of sp³-hybridized carbons (Fsp3) is 0.500. The van der Waals surface area contributed by atoms with Gasteiger partial charge in [0.1, 0.15) is 5.76 Å². The number of fused-ring (bicyclic) bond motifs is 1. The first-order chi connectivity index (χ1) is 11.3. The maximum atomic E-state index is 12.9. The van der Waals surface area contributed by atoms with Crippen LogP contribution in [0.25, 0.3) is 0 Å². The fourth-order valence-electron chi connectivity index (χ4n) is 3.78. The van der Waals surface area contributed by atoms with Gasteiger partial charge in [0.25, 0.3) is 0 Å². The SMILES string of the molecule is O=C([C@@H]1CCCN(Cc2ccco2)C1)N1CCn2cccc2C1. The van der Waals surface area contributed by atoms with Gasteiger partial charge in [0.2, 0.25) is 5.91 Å². The zero-order chi connectivity index (χ0) is 15.6. The number of piperidine rings is 1. The molecule has 0 aliphatic carbocycles. The van der Waals surface area contributed by atoms with E-state index in [4.69, 9.17) is 4.42 Å². The molecule has 2 aromatic heterocycles. The Balaban J connectivity index is 1.38. The molecule has 0 bridgehead atoms. The van der Waals surface area contributed by atoms with Crippen molar-refractivity contribution in [1.29, 1.82) is 0 Å². The molecule has 122 valence electrons. The van der Waals surface area contributed by atoms with E-state index in [1.807, 2.05) is 17.0 Å². The van der Waals surface area contributed by atoms with Gasteiger partial charge in [-0.15, -0.1) is 0 Å². The summed E-state index contributed by atoms with van der Waals surface area (Å²) in [7, 11) is 0. The van der Waals surface area contributed by atoms with Crippen LogP contribution in [0.3, 0.4) is 0 Å². The van der Waals surface area contributed by atoms with Gasteiger partial charge in [-0.25, -0.2) is 0 Å². The van der Waals surface area contributed by atoms with Crippen LogP contribution < -0.4 is 0 Å². The highest BCUT2D eigenvalue weighted by atomic mass is 16.3. The molecule has 5 heteroatoms. The van der Waals surface area contributed by atoms with E-state index in [-0.39, 0.29) is 5.92 Å². The van der Waals surface area contributed by atoms with Crippen LogP contribution in [-0.4, -0.2) is 39.9 Å². The van der Waals surface area contributed by atoms with Gasteiger partial charge in [0.15, 0.2) is 0 Å². The quantitative estimate of drug-likeness (QED) is 0.873. The number of hydrogen-bond donors (Lipinski definition) is 0. The first kappa shape index (κ1) is 14.6. The third-order valence-electron chi connectivity index (χ3n) is 5.01. The third kappa shape index (κ3) is 3.06. The maximum absolute atomic E-state index is 12.9. The Hall–Kier alpha value is -2.01. The van der Waals surface area contributed by atoms with E-state index in [0.29, 0.717) is 5.91 Å². The maximum Gasteiger partial charge on any atom is 0.227 e. The average Bonchev–Trinajstić information content (AvgIpc) is 3.25.